The summed E-state index contributed by atoms with van der Waals surface area (Å²) in [5, 5.41) is 0. The van der Waals surface area contributed by atoms with Crippen LogP contribution in [0.2, 0.25) is 0 Å². The minimum Gasteiger partial charge on any atom is -0.426 e. The molecule has 7 heteroatoms. The second-order valence-electron chi connectivity index (χ2n) is 10.2. The number of benzene rings is 2. The first kappa shape index (κ1) is 24.9. The Morgan fingerprint density at radius 2 is 1.62 bits per heavy atom. The van der Waals surface area contributed by atoms with E-state index in [1.165, 1.54) is 4.90 Å². The van der Waals surface area contributed by atoms with Crippen molar-refractivity contribution in [3.05, 3.63) is 65.2 Å². The van der Waals surface area contributed by atoms with E-state index in [0.717, 1.165) is 35.2 Å². The molecule has 0 spiro atoms. The van der Waals surface area contributed by atoms with Crippen LogP contribution in [0.4, 0.5) is 11.4 Å². The molecule has 0 saturated carbocycles. The van der Waals surface area contributed by atoms with Gasteiger partial charge in [-0.05, 0) is 55.9 Å². The Bertz CT molecular complexity index is 1290. The number of amides is 3. The Labute approximate surface area is 217 Å². The maximum Gasteiger partial charge on any atom is 0.316 e. The average Bonchev–Trinajstić information content (AvgIpc) is 3.40. The molecule has 3 aliphatic rings. The molecule has 2 aromatic rings. The molecule has 1 aliphatic carbocycles. The van der Waals surface area contributed by atoms with Crippen LogP contribution in [0.15, 0.2) is 54.1 Å². The van der Waals surface area contributed by atoms with E-state index in [4.69, 9.17) is 4.74 Å². The van der Waals surface area contributed by atoms with E-state index in [9.17, 15) is 19.2 Å². The van der Waals surface area contributed by atoms with Crippen molar-refractivity contribution < 1.29 is 23.9 Å². The van der Waals surface area contributed by atoms with Gasteiger partial charge in [0.15, 0.2) is 0 Å². The minimum absolute atomic E-state index is 0.0819. The van der Waals surface area contributed by atoms with E-state index < -0.39 is 11.9 Å². The van der Waals surface area contributed by atoms with Gasteiger partial charge in [-0.3, -0.25) is 19.2 Å². The van der Waals surface area contributed by atoms with Gasteiger partial charge in [-0.15, -0.1) is 0 Å². The fraction of sp³-hybridized carbons (Fsp3) is 0.400. The number of carbonyl (C=O) groups excluding carboxylic acids is 4. The molecular weight excluding hydrogens is 468 g/mol. The lowest BCUT2D eigenvalue weighted by Crippen LogP contribution is -2.31. The van der Waals surface area contributed by atoms with Crippen molar-refractivity contribution in [1.82, 2.24) is 0 Å². The largest absolute Gasteiger partial charge is 0.426 e. The van der Waals surface area contributed by atoms with E-state index in [-0.39, 0.29) is 48.3 Å². The van der Waals surface area contributed by atoms with Crippen LogP contribution in [-0.4, -0.2) is 30.2 Å². The summed E-state index contributed by atoms with van der Waals surface area (Å²) < 4.78 is 5.67. The summed E-state index contributed by atoms with van der Waals surface area (Å²) in [4.78, 5) is 55.1. The number of rotatable bonds is 6. The number of fused-ring (bicyclic) bond motifs is 1. The molecule has 0 N–H and O–H groups in total. The highest BCUT2D eigenvalue weighted by molar-refractivity contribution is 6.22. The molecule has 0 unspecified atom stereocenters. The SMILES string of the molecule is CCc1cccc(CC)c1N1C[C@H](C(=O)Oc2cccc(N3C(=O)[C@H]4CC(C)=CC[C@H]4C3=O)c2)CC1=O. The molecule has 2 saturated heterocycles. The molecule has 3 amide bonds. The number of ether oxygens (including phenoxy) is 1. The third kappa shape index (κ3) is 4.47. The van der Waals surface area contributed by atoms with Gasteiger partial charge in [0, 0.05) is 24.7 Å². The Hall–Kier alpha value is -3.74. The lowest BCUT2D eigenvalue weighted by atomic mass is 9.82. The van der Waals surface area contributed by atoms with Crippen molar-refractivity contribution in [3.8, 4) is 5.75 Å². The normalized spacial score (nSPS) is 23.4. The molecule has 0 aromatic heterocycles. The Morgan fingerprint density at radius 3 is 2.32 bits per heavy atom. The van der Waals surface area contributed by atoms with E-state index in [2.05, 4.69) is 13.8 Å². The van der Waals surface area contributed by atoms with Crippen molar-refractivity contribution in [3.63, 3.8) is 0 Å². The zero-order chi connectivity index (χ0) is 26.3. The molecule has 0 bridgehead atoms. The van der Waals surface area contributed by atoms with Gasteiger partial charge in [-0.2, -0.15) is 0 Å². The Morgan fingerprint density at radius 1 is 0.946 bits per heavy atom. The van der Waals surface area contributed by atoms with E-state index in [1.807, 2.05) is 31.2 Å². The lowest BCUT2D eigenvalue weighted by molar-refractivity contribution is -0.139. The highest BCUT2D eigenvalue weighted by Gasteiger charge is 2.48. The fourth-order valence-corrected chi connectivity index (χ4v) is 5.82. The maximum absolute atomic E-state index is 13.1. The summed E-state index contributed by atoms with van der Waals surface area (Å²) in [6.45, 7) is 6.36. The van der Waals surface area contributed by atoms with E-state index in [1.54, 1.807) is 29.2 Å². The molecule has 7 nitrogen and oxygen atoms in total. The number of para-hydroxylation sites is 1. The van der Waals surface area contributed by atoms with Crippen LogP contribution in [0.3, 0.4) is 0 Å². The zero-order valence-electron chi connectivity index (χ0n) is 21.5. The number of nitrogens with zero attached hydrogens (tertiary/aromatic N) is 2. The topological polar surface area (TPSA) is 84.0 Å². The zero-order valence-corrected chi connectivity index (χ0v) is 21.5. The second-order valence-corrected chi connectivity index (χ2v) is 10.2. The summed E-state index contributed by atoms with van der Waals surface area (Å²) in [5.74, 6) is -2.02. The number of anilines is 2. The van der Waals surface area contributed by atoms with Gasteiger partial charge in [-0.25, -0.2) is 4.90 Å². The van der Waals surface area contributed by atoms with Crippen molar-refractivity contribution in [1.29, 1.82) is 0 Å². The van der Waals surface area contributed by atoms with Crippen molar-refractivity contribution in [2.75, 3.05) is 16.3 Å². The van der Waals surface area contributed by atoms with Gasteiger partial charge < -0.3 is 9.64 Å². The Balaban J connectivity index is 1.31. The number of aryl methyl sites for hydroxylation is 2. The van der Waals surface area contributed by atoms with Crippen LogP contribution in [0.25, 0.3) is 0 Å². The second kappa shape index (κ2) is 9.96. The van der Waals surface area contributed by atoms with Crippen LogP contribution in [0.1, 0.15) is 51.2 Å². The van der Waals surface area contributed by atoms with Crippen molar-refractivity contribution in [2.45, 2.75) is 52.9 Å². The third-order valence-electron chi connectivity index (χ3n) is 7.81. The van der Waals surface area contributed by atoms with Gasteiger partial charge in [-0.1, -0.05) is 49.8 Å². The van der Waals surface area contributed by atoms with Crippen LogP contribution in [0, 0.1) is 17.8 Å². The van der Waals surface area contributed by atoms with Gasteiger partial charge >= 0.3 is 5.97 Å². The van der Waals surface area contributed by atoms with Crippen LogP contribution < -0.4 is 14.5 Å². The molecule has 5 rings (SSSR count). The number of hydrogen-bond acceptors (Lipinski definition) is 5. The van der Waals surface area contributed by atoms with Gasteiger partial charge in [0.2, 0.25) is 17.7 Å². The van der Waals surface area contributed by atoms with E-state index >= 15 is 0 Å². The molecule has 2 aromatic carbocycles. The summed E-state index contributed by atoms with van der Waals surface area (Å²) in [7, 11) is 0. The predicted octanol–water partition coefficient (Wildman–Crippen LogP) is 4.62. The fourth-order valence-electron chi connectivity index (χ4n) is 5.82. The molecular formula is C30H32N2O5. The van der Waals surface area contributed by atoms with Crippen LogP contribution in [-0.2, 0) is 32.0 Å². The Kier molecular flexibility index (Phi) is 6.71. The number of allylic oxidation sites excluding steroid dienone is 2. The number of imide groups is 1. The number of esters is 1. The quantitative estimate of drug-likeness (QED) is 0.250. The van der Waals surface area contributed by atoms with Crippen molar-refractivity contribution >= 4 is 35.1 Å². The van der Waals surface area contributed by atoms with Crippen LogP contribution >= 0.6 is 0 Å². The summed E-state index contributed by atoms with van der Waals surface area (Å²) in [6, 6.07) is 12.6. The smallest absolute Gasteiger partial charge is 0.316 e. The third-order valence-corrected chi connectivity index (χ3v) is 7.81. The molecule has 2 fully saturated rings. The lowest BCUT2D eigenvalue weighted by Gasteiger charge is -2.23. The molecule has 2 heterocycles. The van der Waals surface area contributed by atoms with Gasteiger partial charge in [0.25, 0.3) is 0 Å². The molecule has 192 valence electrons. The maximum atomic E-state index is 13.1. The highest BCUT2D eigenvalue weighted by atomic mass is 16.5. The summed E-state index contributed by atoms with van der Waals surface area (Å²) >= 11 is 0. The molecule has 3 atom stereocenters. The molecule has 37 heavy (non-hydrogen) atoms. The highest BCUT2D eigenvalue weighted by Crippen LogP contribution is 2.40. The summed E-state index contributed by atoms with van der Waals surface area (Å²) in [5.41, 5.74) is 4.60. The predicted molar refractivity (Wildman–Crippen MR) is 140 cm³/mol. The molecule has 2 aliphatic heterocycles. The first-order valence-electron chi connectivity index (χ1n) is 13.1. The minimum atomic E-state index is -0.599. The average molecular weight is 501 g/mol. The first-order chi connectivity index (χ1) is 17.8. The number of hydrogen-bond donors (Lipinski definition) is 0. The first-order valence-corrected chi connectivity index (χ1v) is 13.1. The van der Waals surface area contributed by atoms with Crippen LogP contribution in [0.5, 0.6) is 5.75 Å². The van der Waals surface area contributed by atoms with Gasteiger partial charge in [0.05, 0.1) is 23.4 Å². The summed E-state index contributed by atoms with van der Waals surface area (Å²) in [6.07, 6.45) is 4.86. The van der Waals surface area contributed by atoms with Gasteiger partial charge in [0.1, 0.15) is 5.75 Å². The molecule has 0 radical (unpaired) electrons. The monoisotopic (exact) mass is 500 g/mol. The van der Waals surface area contributed by atoms with E-state index in [0.29, 0.717) is 18.5 Å². The number of carbonyl (C=O) groups is 4. The standard InChI is InChI=1S/C30H32N2O5/c1-4-19-8-6-9-20(5-2)27(19)31-17-21(15-26(31)33)30(36)37-23-11-7-10-22(16-23)32-28(34)24-13-12-18(3)14-25(24)29(32)35/h6-12,16,21,24-25H,4-5,13-15,17H2,1-3H3/t21-,24-,25+/m1/s1. The van der Waals surface area contributed by atoms with Crippen molar-refractivity contribution in [2.24, 2.45) is 17.8 Å².